The minimum atomic E-state index is -0.120. The van der Waals surface area contributed by atoms with E-state index in [1.54, 1.807) is 23.1 Å². The van der Waals surface area contributed by atoms with Crippen LogP contribution in [-0.4, -0.2) is 42.2 Å². The van der Waals surface area contributed by atoms with Gasteiger partial charge in [0.2, 0.25) is 5.91 Å². The number of halogens is 1. The van der Waals surface area contributed by atoms with Crippen molar-refractivity contribution in [2.75, 3.05) is 30.8 Å². The Morgan fingerprint density at radius 1 is 1.11 bits per heavy atom. The van der Waals surface area contributed by atoms with E-state index >= 15 is 0 Å². The van der Waals surface area contributed by atoms with Crippen molar-refractivity contribution in [2.24, 2.45) is 0 Å². The lowest BCUT2D eigenvalue weighted by Crippen LogP contribution is -2.34. The van der Waals surface area contributed by atoms with Crippen LogP contribution >= 0.6 is 23.4 Å². The summed E-state index contributed by atoms with van der Waals surface area (Å²) in [4.78, 5) is 26.8. The molecule has 1 N–H and O–H groups in total. The molecule has 0 saturated carbocycles. The van der Waals surface area contributed by atoms with Crippen LogP contribution < -0.4 is 10.1 Å². The largest absolute Gasteiger partial charge is 0.482 e. The molecule has 144 valence electrons. The van der Waals surface area contributed by atoms with Gasteiger partial charge in [-0.3, -0.25) is 9.59 Å². The standard InChI is InChI=1S/C20H23ClN2O3S/c1-3-23(4-2)20(25)13-26-18-11-10-15(12-17(18)21)22-19(24)14-27-16-8-6-5-7-9-16/h5-12H,3-4,13-14H2,1-2H3,(H,22,24). The summed E-state index contributed by atoms with van der Waals surface area (Å²) < 4.78 is 5.51. The second-order valence-electron chi connectivity index (χ2n) is 5.65. The highest BCUT2D eigenvalue weighted by atomic mass is 35.5. The zero-order chi connectivity index (χ0) is 19.6. The minimum absolute atomic E-state index is 0.0686. The number of benzene rings is 2. The molecule has 0 fully saturated rings. The molecule has 2 rings (SSSR count). The van der Waals surface area contributed by atoms with Crippen LogP contribution in [-0.2, 0) is 9.59 Å². The Balaban J connectivity index is 1.86. The zero-order valence-corrected chi connectivity index (χ0v) is 17.0. The number of hydrogen-bond donors (Lipinski definition) is 1. The normalized spacial score (nSPS) is 10.3. The molecule has 0 aliphatic rings. The van der Waals surface area contributed by atoms with Crippen molar-refractivity contribution in [3.63, 3.8) is 0 Å². The Bertz CT molecular complexity index is 767. The SMILES string of the molecule is CCN(CC)C(=O)COc1ccc(NC(=O)CSc2ccccc2)cc1Cl. The van der Waals surface area contributed by atoms with Gasteiger partial charge in [-0.2, -0.15) is 0 Å². The molecule has 0 aromatic heterocycles. The second-order valence-corrected chi connectivity index (χ2v) is 7.11. The van der Waals surface area contributed by atoms with Gasteiger partial charge in [0.15, 0.2) is 6.61 Å². The number of nitrogens with zero attached hydrogens (tertiary/aromatic N) is 1. The number of ether oxygens (including phenoxy) is 1. The van der Waals surface area contributed by atoms with Gasteiger partial charge in [0, 0.05) is 23.7 Å². The molecule has 0 spiro atoms. The van der Waals surface area contributed by atoms with Crippen LogP contribution in [0.1, 0.15) is 13.8 Å². The Labute approximate surface area is 169 Å². The van der Waals surface area contributed by atoms with E-state index in [1.807, 2.05) is 44.2 Å². The molecule has 0 atom stereocenters. The van der Waals surface area contributed by atoms with Gasteiger partial charge in [-0.05, 0) is 44.2 Å². The first-order valence-electron chi connectivity index (χ1n) is 8.71. The maximum Gasteiger partial charge on any atom is 0.260 e. The van der Waals surface area contributed by atoms with Crippen LogP contribution in [0.2, 0.25) is 5.02 Å². The summed E-state index contributed by atoms with van der Waals surface area (Å²) in [6.07, 6.45) is 0. The Hall–Kier alpha value is -2.18. The number of nitrogens with one attached hydrogen (secondary N) is 1. The predicted molar refractivity (Wildman–Crippen MR) is 111 cm³/mol. The van der Waals surface area contributed by atoms with Crippen LogP contribution in [0, 0.1) is 0 Å². The monoisotopic (exact) mass is 406 g/mol. The number of rotatable bonds is 9. The lowest BCUT2D eigenvalue weighted by atomic mass is 10.3. The van der Waals surface area contributed by atoms with Crippen molar-refractivity contribution >= 4 is 40.9 Å². The van der Waals surface area contributed by atoms with Crippen molar-refractivity contribution in [1.82, 2.24) is 4.90 Å². The highest BCUT2D eigenvalue weighted by Gasteiger charge is 2.12. The highest BCUT2D eigenvalue weighted by Crippen LogP contribution is 2.28. The van der Waals surface area contributed by atoms with Crippen molar-refractivity contribution in [1.29, 1.82) is 0 Å². The topological polar surface area (TPSA) is 58.6 Å². The summed E-state index contributed by atoms with van der Waals surface area (Å²) in [5, 5.41) is 3.15. The number of carbonyl (C=O) groups is 2. The molecule has 0 aliphatic heterocycles. The molecule has 2 aromatic carbocycles. The number of thioether (sulfide) groups is 1. The molecule has 0 aliphatic carbocycles. The molecule has 0 radical (unpaired) electrons. The smallest absolute Gasteiger partial charge is 0.260 e. The summed E-state index contributed by atoms with van der Waals surface area (Å²) in [5.74, 6) is 0.503. The van der Waals surface area contributed by atoms with E-state index in [9.17, 15) is 9.59 Å². The van der Waals surface area contributed by atoms with Crippen LogP contribution in [0.5, 0.6) is 5.75 Å². The summed E-state index contributed by atoms with van der Waals surface area (Å²) >= 11 is 7.67. The van der Waals surface area contributed by atoms with Crippen LogP contribution in [0.25, 0.3) is 0 Å². The number of carbonyl (C=O) groups excluding carboxylic acids is 2. The van der Waals surface area contributed by atoms with E-state index in [0.29, 0.717) is 35.3 Å². The molecular formula is C20H23ClN2O3S. The minimum Gasteiger partial charge on any atom is -0.482 e. The Morgan fingerprint density at radius 3 is 2.44 bits per heavy atom. The first-order chi connectivity index (χ1) is 13.0. The van der Waals surface area contributed by atoms with Gasteiger partial charge in [-0.1, -0.05) is 29.8 Å². The summed E-state index contributed by atoms with van der Waals surface area (Å²) in [5.41, 5.74) is 0.584. The first kappa shape index (κ1) is 21.1. The summed E-state index contributed by atoms with van der Waals surface area (Å²) in [6, 6.07) is 14.7. The Morgan fingerprint density at radius 2 is 1.81 bits per heavy atom. The summed E-state index contributed by atoms with van der Waals surface area (Å²) in [6.45, 7) is 5.04. The molecule has 5 nitrogen and oxygen atoms in total. The second kappa shape index (κ2) is 10.8. The van der Waals surface area contributed by atoms with Crippen LogP contribution in [0.4, 0.5) is 5.69 Å². The fraction of sp³-hybridized carbons (Fsp3) is 0.300. The Kier molecular flexibility index (Phi) is 8.48. The molecule has 2 aromatic rings. The summed E-state index contributed by atoms with van der Waals surface area (Å²) in [7, 11) is 0. The van der Waals surface area contributed by atoms with E-state index in [0.717, 1.165) is 4.90 Å². The number of amides is 2. The van der Waals surface area contributed by atoms with Gasteiger partial charge >= 0.3 is 0 Å². The zero-order valence-electron chi connectivity index (χ0n) is 15.4. The van der Waals surface area contributed by atoms with E-state index in [1.165, 1.54) is 11.8 Å². The maximum atomic E-state index is 12.1. The van der Waals surface area contributed by atoms with E-state index in [-0.39, 0.29) is 18.4 Å². The van der Waals surface area contributed by atoms with E-state index in [4.69, 9.17) is 16.3 Å². The molecular weight excluding hydrogens is 384 g/mol. The van der Waals surface area contributed by atoms with Gasteiger partial charge in [-0.25, -0.2) is 0 Å². The van der Waals surface area contributed by atoms with Gasteiger partial charge in [0.25, 0.3) is 5.91 Å². The molecule has 2 amide bonds. The molecule has 0 saturated heterocycles. The van der Waals surface area contributed by atoms with E-state index < -0.39 is 0 Å². The lowest BCUT2D eigenvalue weighted by molar-refractivity contribution is -0.133. The third kappa shape index (κ3) is 6.81. The average Bonchev–Trinajstić information content (AvgIpc) is 2.67. The number of hydrogen-bond acceptors (Lipinski definition) is 4. The number of anilines is 1. The van der Waals surface area contributed by atoms with Gasteiger partial charge in [-0.15, -0.1) is 11.8 Å². The predicted octanol–water partition coefficient (Wildman–Crippen LogP) is 4.32. The van der Waals surface area contributed by atoms with E-state index in [2.05, 4.69) is 5.32 Å². The lowest BCUT2D eigenvalue weighted by Gasteiger charge is -2.19. The van der Waals surface area contributed by atoms with Crippen LogP contribution in [0.3, 0.4) is 0 Å². The van der Waals surface area contributed by atoms with Crippen molar-refractivity contribution in [3.05, 3.63) is 53.6 Å². The van der Waals surface area contributed by atoms with Gasteiger partial charge in [0.1, 0.15) is 5.75 Å². The fourth-order valence-electron chi connectivity index (χ4n) is 2.37. The van der Waals surface area contributed by atoms with Gasteiger partial charge in [0.05, 0.1) is 10.8 Å². The third-order valence-electron chi connectivity index (χ3n) is 3.80. The maximum absolute atomic E-state index is 12.1. The molecule has 0 heterocycles. The third-order valence-corrected chi connectivity index (χ3v) is 5.10. The van der Waals surface area contributed by atoms with Crippen molar-refractivity contribution < 1.29 is 14.3 Å². The quantitative estimate of drug-likeness (QED) is 0.630. The fourth-order valence-corrected chi connectivity index (χ4v) is 3.32. The van der Waals surface area contributed by atoms with Crippen LogP contribution in [0.15, 0.2) is 53.4 Å². The average molecular weight is 407 g/mol. The molecule has 0 unspecified atom stereocenters. The highest BCUT2D eigenvalue weighted by molar-refractivity contribution is 8.00. The molecule has 7 heteroatoms. The van der Waals surface area contributed by atoms with Gasteiger partial charge < -0.3 is 15.0 Å². The van der Waals surface area contributed by atoms with Crippen molar-refractivity contribution in [3.8, 4) is 5.75 Å². The first-order valence-corrected chi connectivity index (χ1v) is 10.1. The molecule has 27 heavy (non-hydrogen) atoms. The van der Waals surface area contributed by atoms with Crippen molar-refractivity contribution in [2.45, 2.75) is 18.7 Å². The number of likely N-dealkylation sites (N-methyl/N-ethyl adjacent to an activating group) is 1. The molecule has 0 bridgehead atoms.